The summed E-state index contributed by atoms with van der Waals surface area (Å²) in [6.45, 7) is 0. The Hall–Kier alpha value is -2.21. The molecule has 0 unspecified atom stereocenters. The van der Waals surface area contributed by atoms with E-state index in [2.05, 4.69) is 15.3 Å². The monoisotopic (exact) mass is 354 g/mol. The summed E-state index contributed by atoms with van der Waals surface area (Å²) in [5.74, 6) is -0.0484. The average molecular weight is 354 g/mol. The first-order valence-corrected chi connectivity index (χ1v) is 9.77. The number of thiazole rings is 1. The van der Waals surface area contributed by atoms with Crippen LogP contribution in [0.4, 0.5) is 0 Å². The van der Waals surface area contributed by atoms with Gasteiger partial charge in [0.15, 0.2) is 0 Å². The molecule has 1 N–H and O–H groups in total. The number of aromatic nitrogens is 3. The third-order valence-electron chi connectivity index (χ3n) is 4.89. The molecule has 3 aromatic rings. The summed E-state index contributed by atoms with van der Waals surface area (Å²) in [6.07, 6.45) is 11.0. The summed E-state index contributed by atoms with van der Waals surface area (Å²) in [7, 11) is 1.98. The highest BCUT2D eigenvalue weighted by Gasteiger charge is 2.19. The van der Waals surface area contributed by atoms with E-state index in [1.807, 2.05) is 35.3 Å². The van der Waals surface area contributed by atoms with Crippen LogP contribution in [0.2, 0.25) is 0 Å². The topological polar surface area (TPSA) is 59.8 Å². The van der Waals surface area contributed by atoms with E-state index in [-0.39, 0.29) is 5.91 Å². The predicted octanol–water partition coefficient (Wildman–Crippen LogP) is 4.15. The van der Waals surface area contributed by atoms with Crippen molar-refractivity contribution in [2.24, 2.45) is 7.05 Å². The van der Waals surface area contributed by atoms with Crippen molar-refractivity contribution in [2.45, 2.75) is 44.6 Å². The van der Waals surface area contributed by atoms with E-state index in [1.54, 1.807) is 6.20 Å². The number of pyridine rings is 1. The molecule has 5 nitrogen and oxygen atoms in total. The SMILES string of the molecule is Cn1cc(-c2nc(C(=O)NC3CCCCCC3)cs2)c2cccnc21. The highest BCUT2D eigenvalue weighted by Crippen LogP contribution is 2.31. The molecule has 0 spiro atoms. The van der Waals surface area contributed by atoms with Crippen LogP contribution in [0.5, 0.6) is 0 Å². The molecule has 0 bridgehead atoms. The number of aryl methyl sites for hydroxylation is 1. The van der Waals surface area contributed by atoms with Gasteiger partial charge in [-0.25, -0.2) is 9.97 Å². The van der Waals surface area contributed by atoms with Crippen molar-refractivity contribution in [3.63, 3.8) is 0 Å². The summed E-state index contributed by atoms with van der Waals surface area (Å²) >= 11 is 1.51. The molecule has 25 heavy (non-hydrogen) atoms. The highest BCUT2D eigenvalue weighted by molar-refractivity contribution is 7.13. The van der Waals surface area contributed by atoms with Crippen molar-refractivity contribution in [2.75, 3.05) is 0 Å². The van der Waals surface area contributed by atoms with Crippen LogP contribution in [0.25, 0.3) is 21.6 Å². The molecule has 1 amide bonds. The number of carbonyl (C=O) groups excluding carboxylic acids is 1. The highest BCUT2D eigenvalue weighted by atomic mass is 32.1. The van der Waals surface area contributed by atoms with Gasteiger partial charge in [-0.05, 0) is 25.0 Å². The Morgan fingerprint density at radius 1 is 1.28 bits per heavy atom. The first kappa shape index (κ1) is 16.3. The van der Waals surface area contributed by atoms with Gasteiger partial charge in [0, 0.05) is 41.8 Å². The van der Waals surface area contributed by atoms with Crippen molar-refractivity contribution in [3.8, 4) is 10.6 Å². The number of hydrogen-bond donors (Lipinski definition) is 1. The number of rotatable bonds is 3. The number of hydrogen-bond acceptors (Lipinski definition) is 4. The number of amides is 1. The van der Waals surface area contributed by atoms with Crippen LogP contribution in [0.1, 0.15) is 49.0 Å². The smallest absolute Gasteiger partial charge is 0.270 e. The second kappa shape index (κ2) is 6.96. The van der Waals surface area contributed by atoms with E-state index in [4.69, 9.17) is 0 Å². The Morgan fingerprint density at radius 3 is 2.88 bits per heavy atom. The summed E-state index contributed by atoms with van der Waals surface area (Å²) in [6, 6.07) is 4.27. The molecule has 1 fully saturated rings. The third-order valence-corrected chi connectivity index (χ3v) is 5.77. The second-order valence-electron chi connectivity index (χ2n) is 6.73. The summed E-state index contributed by atoms with van der Waals surface area (Å²) in [5, 5.41) is 6.96. The van der Waals surface area contributed by atoms with Gasteiger partial charge in [-0.3, -0.25) is 4.79 Å². The standard InChI is InChI=1S/C19H22N4OS/c1-23-11-15(14-9-6-10-20-17(14)23)19-22-16(12-25-19)18(24)21-13-7-4-2-3-5-8-13/h6,9-13H,2-5,7-8H2,1H3,(H,21,24). The third kappa shape index (κ3) is 3.31. The Bertz CT molecular complexity index is 890. The normalized spacial score (nSPS) is 16.0. The zero-order valence-corrected chi connectivity index (χ0v) is 15.2. The Kier molecular flexibility index (Phi) is 4.53. The molecule has 4 rings (SSSR count). The van der Waals surface area contributed by atoms with Gasteiger partial charge in [-0.15, -0.1) is 11.3 Å². The number of fused-ring (bicyclic) bond motifs is 1. The van der Waals surface area contributed by atoms with Gasteiger partial charge in [0.2, 0.25) is 0 Å². The largest absolute Gasteiger partial charge is 0.348 e. The molecule has 0 saturated heterocycles. The van der Waals surface area contributed by atoms with Crippen LogP contribution in [0.15, 0.2) is 29.9 Å². The number of carbonyl (C=O) groups is 1. The summed E-state index contributed by atoms with van der Waals surface area (Å²) < 4.78 is 2.00. The Morgan fingerprint density at radius 2 is 2.08 bits per heavy atom. The van der Waals surface area contributed by atoms with Crippen LogP contribution in [0, 0.1) is 0 Å². The van der Waals surface area contributed by atoms with E-state index in [0.29, 0.717) is 11.7 Å². The van der Waals surface area contributed by atoms with Crippen LogP contribution < -0.4 is 5.32 Å². The van der Waals surface area contributed by atoms with Crippen LogP contribution >= 0.6 is 11.3 Å². The molecule has 1 aliphatic rings. The fraction of sp³-hybridized carbons (Fsp3) is 0.421. The van der Waals surface area contributed by atoms with Crippen molar-refractivity contribution in [3.05, 3.63) is 35.6 Å². The van der Waals surface area contributed by atoms with E-state index in [0.717, 1.165) is 34.4 Å². The van der Waals surface area contributed by atoms with Gasteiger partial charge in [-0.1, -0.05) is 25.7 Å². The number of nitrogens with zero attached hydrogens (tertiary/aromatic N) is 3. The molecule has 3 heterocycles. The fourth-order valence-corrected chi connectivity index (χ4v) is 4.39. The van der Waals surface area contributed by atoms with Gasteiger partial charge in [-0.2, -0.15) is 0 Å². The molecule has 0 aromatic carbocycles. The van der Waals surface area contributed by atoms with Crippen LogP contribution in [-0.4, -0.2) is 26.5 Å². The molecule has 0 radical (unpaired) electrons. The lowest BCUT2D eigenvalue weighted by Gasteiger charge is -2.15. The number of nitrogens with one attached hydrogen (secondary N) is 1. The van der Waals surface area contributed by atoms with Gasteiger partial charge in [0.1, 0.15) is 16.3 Å². The lowest BCUT2D eigenvalue weighted by atomic mass is 10.1. The Labute approximate surface area is 151 Å². The molecule has 0 atom stereocenters. The van der Waals surface area contributed by atoms with E-state index >= 15 is 0 Å². The van der Waals surface area contributed by atoms with E-state index in [9.17, 15) is 4.79 Å². The van der Waals surface area contributed by atoms with Gasteiger partial charge in [0.05, 0.1) is 0 Å². The van der Waals surface area contributed by atoms with E-state index in [1.165, 1.54) is 37.0 Å². The molecule has 6 heteroatoms. The second-order valence-corrected chi connectivity index (χ2v) is 7.59. The van der Waals surface area contributed by atoms with Crippen molar-refractivity contribution >= 4 is 28.3 Å². The lowest BCUT2D eigenvalue weighted by molar-refractivity contribution is 0.0929. The minimum atomic E-state index is -0.0484. The minimum absolute atomic E-state index is 0.0484. The van der Waals surface area contributed by atoms with Crippen LogP contribution in [-0.2, 0) is 7.05 Å². The van der Waals surface area contributed by atoms with Crippen molar-refractivity contribution in [1.29, 1.82) is 0 Å². The summed E-state index contributed by atoms with van der Waals surface area (Å²) in [4.78, 5) is 21.6. The van der Waals surface area contributed by atoms with Crippen LogP contribution in [0.3, 0.4) is 0 Å². The zero-order valence-electron chi connectivity index (χ0n) is 14.4. The molecule has 1 aliphatic carbocycles. The molecular formula is C19H22N4OS. The average Bonchev–Trinajstić information content (AvgIpc) is 3.14. The maximum Gasteiger partial charge on any atom is 0.270 e. The molecule has 0 aliphatic heterocycles. The fourth-order valence-electron chi connectivity index (χ4n) is 3.57. The first-order valence-electron chi connectivity index (χ1n) is 8.89. The van der Waals surface area contributed by atoms with Crippen molar-refractivity contribution in [1.82, 2.24) is 19.9 Å². The molecule has 3 aromatic heterocycles. The van der Waals surface area contributed by atoms with Crippen molar-refractivity contribution < 1.29 is 4.79 Å². The van der Waals surface area contributed by atoms with Gasteiger partial charge >= 0.3 is 0 Å². The zero-order chi connectivity index (χ0) is 17.2. The quantitative estimate of drug-likeness (QED) is 0.719. The first-order chi connectivity index (χ1) is 12.2. The predicted molar refractivity (Wildman–Crippen MR) is 101 cm³/mol. The minimum Gasteiger partial charge on any atom is -0.348 e. The summed E-state index contributed by atoms with van der Waals surface area (Å²) in [5.41, 5.74) is 2.48. The van der Waals surface area contributed by atoms with Gasteiger partial charge in [0.25, 0.3) is 5.91 Å². The van der Waals surface area contributed by atoms with Gasteiger partial charge < -0.3 is 9.88 Å². The Balaban J connectivity index is 1.56. The van der Waals surface area contributed by atoms with E-state index < -0.39 is 0 Å². The molecule has 130 valence electrons. The lowest BCUT2D eigenvalue weighted by Crippen LogP contribution is -2.34. The maximum atomic E-state index is 12.6. The molecule has 1 saturated carbocycles. The maximum absolute atomic E-state index is 12.6. The molecular weight excluding hydrogens is 332 g/mol.